The molecular weight excluding hydrogens is 272 g/mol. The Hall–Kier alpha value is -1.78. The lowest BCUT2D eigenvalue weighted by Gasteiger charge is -2.21. The van der Waals surface area contributed by atoms with Gasteiger partial charge in [0.1, 0.15) is 0 Å². The third kappa shape index (κ3) is 1.93. The first-order valence-corrected chi connectivity index (χ1v) is 7.60. The minimum absolute atomic E-state index is 0.985. The highest BCUT2D eigenvalue weighted by Gasteiger charge is 2.15. The van der Waals surface area contributed by atoms with E-state index in [1.54, 1.807) is 11.8 Å². The molecule has 1 N–H and O–H groups in total. The molecule has 4 rings (SSSR count). The molecule has 0 aliphatic carbocycles. The maximum Gasteiger partial charge on any atom is 0.152 e. The summed E-state index contributed by atoms with van der Waals surface area (Å²) >= 11 is 3.30. The van der Waals surface area contributed by atoms with Gasteiger partial charge in [0.25, 0.3) is 0 Å². The molecule has 4 heteroatoms. The molecule has 19 heavy (non-hydrogen) atoms. The van der Waals surface area contributed by atoms with E-state index in [0.29, 0.717) is 0 Å². The van der Waals surface area contributed by atoms with Gasteiger partial charge in [-0.05, 0) is 24.3 Å². The van der Waals surface area contributed by atoms with E-state index in [1.807, 2.05) is 5.38 Å². The standard InChI is InChI=1S/C15H9N2S2/c1-2-4-14-11(3-1)17-12-7-10(5-6-15(12)19-14)13-8-18-9-16-13/h1-8,17H. The van der Waals surface area contributed by atoms with Gasteiger partial charge in [0.2, 0.25) is 0 Å². The summed E-state index contributed by atoms with van der Waals surface area (Å²) in [6, 6.07) is 14.8. The van der Waals surface area contributed by atoms with Gasteiger partial charge >= 0.3 is 0 Å². The van der Waals surface area contributed by atoms with Crippen LogP contribution in [0.15, 0.2) is 57.6 Å². The zero-order chi connectivity index (χ0) is 12.7. The summed E-state index contributed by atoms with van der Waals surface area (Å²) in [6.07, 6.45) is 0. The van der Waals surface area contributed by atoms with Crippen molar-refractivity contribution in [2.75, 3.05) is 5.32 Å². The molecule has 0 amide bonds. The molecule has 1 aliphatic heterocycles. The largest absolute Gasteiger partial charge is 0.354 e. The highest BCUT2D eigenvalue weighted by molar-refractivity contribution is 7.99. The lowest BCUT2D eigenvalue weighted by atomic mass is 10.1. The molecule has 91 valence electrons. The van der Waals surface area contributed by atoms with Crippen molar-refractivity contribution in [2.45, 2.75) is 9.79 Å². The summed E-state index contributed by atoms with van der Waals surface area (Å²) < 4.78 is 0. The number of rotatable bonds is 1. The number of anilines is 2. The molecule has 3 aromatic rings. The number of hydrogen-bond donors (Lipinski definition) is 1. The van der Waals surface area contributed by atoms with Crippen molar-refractivity contribution in [1.82, 2.24) is 4.98 Å². The van der Waals surface area contributed by atoms with Crippen LogP contribution in [-0.2, 0) is 0 Å². The Morgan fingerprint density at radius 3 is 2.79 bits per heavy atom. The second-order valence-electron chi connectivity index (χ2n) is 4.26. The van der Waals surface area contributed by atoms with Crippen molar-refractivity contribution >= 4 is 34.5 Å². The van der Waals surface area contributed by atoms with Crippen LogP contribution in [-0.4, -0.2) is 4.98 Å². The van der Waals surface area contributed by atoms with Gasteiger partial charge in [-0.1, -0.05) is 30.0 Å². The number of nitrogens with zero attached hydrogens (tertiary/aromatic N) is 1. The SMILES string of the molecule is [c]1nc(-c2ccc3c(c2)Nc2ccccc2S3)cs1. The van der Waals surface area contributed by atoms with Gasteiger partial charge in [-0.15, -0.1) is 11.3 Å². The van der Waals surface area contributed by atoms with Crippen LogP contribution < -0.4 is 5.32 Å². The Balaban J connectivity index is 1.78. The highest BCUT2D eigenvalue weighted by atomic mass is 32.2. The van der Waals surface area contributed by atoms with E-state index in [4.69, 9.17) is 0 Å². The van der Waals surface area contributed by atoms with Crippen LogP contribution >= 0.6 is 23.1 Å². The molecule has 0 unspecified atom stereocenters. The topological polar surface area (TPSA) is 24.9 Å². The summed E-state index contributed by atoms with van der Waals surface area (Å²) in [6.45, 7) is 0. The van der Waals surface area contributed by atoms with Crippen molar-refractivity contribution in [1.29, 1.82) is 0 Å². The van der Waals surface area contributed by atoms with Crippen LogP contribution in [0.25, 0.3) is 11.3 Å². The molecule has 2 nitrogen and oxygen atoms in total. The van der Waals surface area contributed by atoms with E-state index in [2.05, 4.69) is 58.3 Å². The fourth-order valence-electron chi connectivity index (χ4n) is 2.12. The minimum atomic E-state index is 0.985. The van der Waals surface area contributed by atoms with Gasteiger partial charge in [-0.25, -0.2) is 4.98 Å². The smallest absolute Gasteiger partial charge is 0.152 e. The second kappa shape index (κ2) is 4.40. The number of para-hydroxylation sites is 1. The third-order valence-electron chi connectivity index (χ3n) is 3.04. The first-order valence-electron chi connectivity index (χ1n) is 5.90. The average molecular weight is 281 g/mol. The van der Waals surface area contributed by atoms with E-state index < -0.39 is 0 Å². The molecule has 0 saturated heterocycles. The van der Waals surface area contributed by atoms with E-state index in [-0.39, 0.29) is 0 Å². The van der Waals surface area contributed by atoms with E-state index in [9.17, 15) is 0 Å². The fourth-order valence-corrected chi connectivity index (χ4v) is 3.59. The molecule has 0 fully saturated rings. The summed E-state index contributed by atoms with van der Waals surface area (Å²) in [5.41, 5.74) is 7.32. The monoisotopic (exact) mass is 281 g/mol. The Kier molecular flexibility index (Phi) is 2.57. The normalized spacial score (nSPS) is 12.4. The van der Waals surface area contributed by atoms with Crippen molar-refractivity contribution in [3.63, 3.8) is 0 Å². The lowest BCUT2D eigenvalue weighted by Crippen LogP contribution is -1.99. The quantitative estimate of drug-likeness (QED) is 0.541. The zero-order valence-corrected chi connectivity index (χ0v) is 11.5. The Morgan fingerprint density at radius 2 is 1.89 bits per heavy atom. The second-order valence-corrected chi connectivity index (χ2v) is 6.00. The van der Waals surface area contributed by atoms with Gasteiger partial charge < -0.3 is 5.32 Å². The minimum Gasteiger partial charge on any atom is -0.354 e. The predicted molar refractivity (Wildman–Crippen MR) is 80.2 cm³/mol. The number of benzene rings is 2. The number of thiazole rings is 1. The Morgan fingerprint density at radius 1 is 1.00 bits per heavy atom. The predicted octanol–water partition coefficient (Wildman–Crippen LogP) is 4.82. The van der Waals surface area contributed by atoms with E-state index in [1.165, 1.54) is 26.8 Å². The van der Waals surface area contributed by atoms with Gasteiger partial charge in [-0.3, -0.25) is 0 Å². The van der Waals surface area contributed by atoms with Gasteiger partial charge in [-0.2, -0.15) is 0 Å². The molecule has 0 saturated carbocycles. The van der Waals surface area contributed by atoms with Gasteiger partial charge in [0.05, 0.1) is 17.1 Å². The maximum absolute atomic E-state index is 4.24. The first-order chi connectivity index (χ1) is 9.40. The van der Waals surface area contributed by atoms with Crippen molar-refractivity contribution in [3.05, 3.63) is 53.4 Å². The molecule has 2 aromatic carbocycles. The third-order valence-corrected chi connectivity index (χ3v) is 4.73. The average Bonchev–Trinajstić information content (AvgIpc) is 2.98. The van der Waals surface area contributed by atoms with Crippen molar-refractivity contribution < 1.29 is 0 Å². The van der Waals surface area contributed by atoms with E-state index >= 15 is 0 Å². The van der Waals surface area contributed by atoms with Gasteiger partial charge in [0, 0.05) is 20.7 Å². The highest BCUT2D eigenvalue weighted by Crippen LogP contribution is 2.44. The zero-order valence-electron chi connectivity index (χ0n) is 9.88. The van der Waals surface area contributed by atoms with Crippen LogP contribution in [0.1, 0.15) is 0 Å². The number of hydrogen-bond acceptors (Lipinski definition) is 4. The Labute approximate surface area is 119 Å². The molecule has 0 bridgehead atoms. The molecule has 2 heterocycles. The number of nitrogens with one attached hydrogen (secondary N) is 1. The van der Waals surface area contributed by atoms with E-state index in [0.717, 1.165) is 16.9 Å². The van der Waals surface area contributed by atoms with Crippen molar-refractivity contribution in [3.8, 4) is 11.3 Å². The van der Waals surface area contributed by atoms with Crippen LogP contribution in [0.5, 0.6) is 0 Å². The molecule has 0 spiro atoms. The van der Waals surface area contributed by atoms with Gasteiger partial charge in [0.15, 0.2) is 5.51 Å². The summed E-state index contributed by atoms with van der Waals surface area (Å²) in [7, 11) is 0. The Bertz CT molecular complexity index is 736. The number of aromatic nitrogens is 1. The van der Waals surface area contributed by atoms with Crippen LogP contribution in [0, 0.1) is 5.51 Å². The van der Waals surface area contributed by atoms with Crippen LogP contribution in [0.2, 0.25) is 0 Å². The number of fused-ring (bicyclic) bond motifs is 2. The molecular formula is C15H9N2S2. The molecule has 1 aliphatic rings. The van der Waals surface area contributed by atoms with Crippen LogP contribution in [0.4, 0.5) is 11.4 Å². The molecule has 1 aromatic heterocycles. The van der Waals surface area contributed by atoms with Crippen molar-refractivity contribution in [2.24, 2.45) is 0 Å². The molecule has 0 atom stereocenters. The maximum atomic E-state index is 4.24. The molecule has 1 radical (unpaired) electrons. The summed E-state index contributed by atoms with van der Waals surface area (Å²) in [5, 5.41) is 5.51. The van der Waals surface area contributed by atoms with Crippen LogP contribution in [0.3, 0.4) is 0 Å². The summed E-state index contributed by atoms with van der Waals surface area (Å²) in [5.74, 6) is 0. The first kappa shape index (κ1) is 11.1. The summed E-state index contributed by atoms with van der Waals surface area (Å²) in [4.78, 5) is 6.76. The lowest BCUT2D eigenvalue weighted by molar-refractivity contribution is 1.31. The fraction of sp³-hybridized carbons (Fsp3) is 0.